The van der Waals surface area contributed by atoms with Crippen molar-refractivity contribution >= 4 is 19.3 Å². The Bertz CT molecular complexity index is 470. The molecule has 1 aliphatic rings. The lowest BCUT2D eigenvalue weighted by molar-refractivity contribution is 0.00578. The molecule has 1 aromatic carbocycles. The van der Waals surface area contributed by atoms with E-state index in [2.05, 4.69) is 46.4 Å². The summed E-state index contributed by atoms with van der Waals surface area (Å²) in [6.45, 7) is 12.0. The van der Waals surface area contributed by atoms with Crippen molar-refractivity contribution in [1.82, 2.24) is 0 Å². The summed E-state index contributed by atoms with van der Waals surface area (Å²) in [4.78, 5) is 0. The van der Waals surface area contributed by atoms with Gasteiger partial charge in [-0.25, -0.2) is 0 Å². The molecule has 100 valence electrons. The molecule has 0 N–H and O–H groups in total. The highest BCUT2D eigenvalue weighted by molar-refractivity contribution is 6.52. The highest BCUT2D eigenvalue weighted by Crippen LogP contribution is 2.36. The van der Waals surface area contributed by atoms with Gasteiger partial charge in [-0.1, -0.05) is 49.0 Å². The first-order valence-corrected chi connectivity index (χ1v) is 6.60. The van der Waals surface area contributed by atoms with Crippen LogP contribution in [0.4, 0.5) is 0 Å². The predicted octanol–water partition coefficient (Wildman–Crippen LogP) is 3.97. The first kappa shape index (κ1) is 14.1. The molecule has 0 spiro atoms. The fourth-order valence-corrected chi connectivity index (χ4v) is 1.90. The zero-order valence-electron chi connectivity index (χ0n) is 12.1. The third-order valence-corrected chi connectivity index (χ3v) is 3.89. The standard InChI is InChI=1S/C16H21BO2/c1-6-13-7-9-14(10-8-13)11-12-17-18-15(2,3)16(4,5)19-17/h6-12H,1H2,2-5H3/b12-11+. The summed E-state index contributed by atoms with van der Waals surface area (Å²) in [5.41, 5.74) is 1.68. The Kier molecular flexibility index (Phi) is 3.70. The highest BCUT2D eigenvalue weighted by atomic mass is 16.7. The third kappa shape index (κ3) is 2.99. The zero-order chi connectivity index (χ0) is 14.1. The van der Waals surface area contributed by atoms with Crippen molar-refractivity contribution in [2.45, 2.75) is 38.9 Å². The van der Waals surface area contributed by atoms with E-state index < -0.39 is 0 Å². The lowest BCUT2D eigenvalue weighted by atomic mass is 9.89. The van der Waals surface area contributed by atoms with E-state index >= 15 is 0 Å². The lowest BCUT2D eigenvalue weighted by Crippen LogP contribution is -2.41. The molecule has 19 heavy (non-hydrogen) atoms. The van der Waals surface area contributed by atoms with E-state index in [1.54, 1.807) is 0 Å². The number of hydrogen-bond acceptors (Lipinski definition) is 2. The molecule has 0 unspecified atom stereocenters. The molecule has 2 nitrogen and oxygen atoms in total. The van der Waals surface area contributed by atoms with Gasteiger partial charge in [-0.15, -0.1) is 0 Å². The first-order chi connectivity index (χ1) is 8.84. The molecule has 3 heteroatoms. The van der Waals surface area contributed by atoms with Gasteiger partial charge >= 0.3 is 7.12 Å². The van der Waals surface area contributed by atoms with Gasteiger partial charge in [0.2, 0.25) is 0 Å². The van der Waals surface area contributed by atoms with Gasteiger partial charge in [0.25, 0.3) is 0 Å². The van der Waals surface area contributed by atoms with Crippen LogP contribution in [0.15, 0.2) is 36.8 Å². The quantitative estimate of drug-likeness (QED) is 0.761. The smallest absolute Gasteiger partial charge is 0.400 e. The largest absolute Gasteiger partial charge is 0.487 e. The summed E-state index contributed by atoms with van der Waals surface area (Å²) >= 11 is 0. The average molecular weight is 256 g/mol. The number of rotatable bonds is 3. The molecule has 0 aromatic heterocycles. The Labute approximate surface area is 116 Å². The van der Waals surface area contributed by atoms with Gasteiger partial charge in [-0.3, -0.25) is 0 Å². The Morgan fingerprint density at radius 3 is 1.89 bits per heavy atom. The summed E-state index contributed by atoms with van der Waals surface area (Å²) in [6, 6.07) is 8.19. The fraction of sp³-hybridized carbons (Fsp3) is 0.375. The van der Waals surface area contributed by atoms with Crippen LogP contribution in [0.25, 0.3) is 12.2 Å². The minimum atomic E-state index is -0.288. The molecule has 0 saturated carbocycles. The monoisotopic (exact) mass is 256 g/mol. The maximum atomic E-state index is 5.91. The van der Waals surface area contributed by atoms with Gasteiger partial charge in [-0.2, -0.15) is 0 Å². The topological polar surface area (TPSA) is 18.5 Å². The summed E-state index contributed by atoms with van der Waals surface area (Å²) in [5, 5.41) is 0. The summed E-state index contributed by atoms with van der Waals surface area (Å²) < 4.78 is 11.8. The Morgan fingerprint density at radius 1 is 0.947 bits per heavy atom. The molecule has 1 fully saturated rings. The summed E-state index contributed by atoms with van der Waals surface area (Å²) in [5.74, 6) is 1.96. The van der Waals surface area contributed by atoms with E-state index in [1.807, 2.05) is 30.3 Å². The number of hydrogen-bond donors (Lipinski definition) is 0. The molecule has 0 aliphatic carbocycles. The first-order valence-electron chi connectivity index (χ1n) is 6.60. The molecular formula is C16H21BO2. The Morgan fingerprint density at radius 2 is 1.42 bits per heavy atom. The van der Waals surface area contributed by atoms with Gasteiger partial charge in [0.15, 0.2) is 0 Å². The molecule has 0 amide bonds. The molecule has 0 atom stereocenters. The van der Waals surface area contributed by atoms with Gasteiger partial charge in [0, 0.05) is 0 Å². The maximum absolute atomic E-state index is 5.91. The van der Waals surface area contributed by atoms with E-state index in [0.29, 0.717) is 0 Å². The maximum Gasteiger partial charge on any atom is 0.487 e. The van der Waals surface area contributed by atoms with Gasteiger partial charge in [0.1, 0.15) is 0 Å². The van der Waals surface area contributed by atoms with Gasteiger partial charge < -0.3 is 9.31 Å². The van der Waals surface area contributed by atoms with E-state index in [9.17, 15) is 0 Å². The summed E-state index contributed by atoms with van der Waals surface area (Å²) in [6.07, 6.45) is 3.86. The summed E-state index contributed by atoms with van der Waals surface area (Å²) in [7, 11) is -0.288. The van der Waals surface area contributed by atoms with Crippen LogP contribution < -0.4 is 0 Å². The second-order valence-electron chi connectivity index (χ2n) is 5.85. The van der Waals surface area contributed by atoms with E-state index in [1.165, 1.54) is 0 Å². The molecule has 0 bridgehead atoms. The molecule has 1 aromatic rings. The Balaban J connectivity index is 2.06. The molecular weight excluding hydrogens is 235 g/mol. The van der Waals surface area contributed by atoms with Crippen LogP contribution in [0.3, 0.4) is 0 Å². The molecule has 1 saturated heterocycles. The van der Waals surface area contributed by atoms with Crippen molar-refractivity contribution in [3.63, 3.8) is 0 Å². The van der Waals surface area contributed by atoms with E-state index in [4.69, 9.17) is 9.31 Å². The third-order valence-electron chi connectivity index (χ3n) is 3.89. The van der Waals surface area contributed by atoms with Gasteiger partial charge in [0.05, 0.1) is 11.2 Å². The van der Waals surface area contributed by atoms with Crippen molar-refractivity contribution < 1.29 is 9.31 Å². The van der Waals surface area contributed by atoms with Crippen molar-refractivity contribution in [2.75, 3.05) is 0 Å². The second-order valence-corrected chi connectivity index (χ2v) is 5.85. The molecule has 1 aliphatic heterocycles. The van der Waals surface area contributed by atoms with E-state index in [-0.39, 0.29) is 18.3 Å². The number of benzene rings is 1. The highest BCUT2D eigenvalue weighted by Gasteiger charge is 2.49. The molecule has 0 radical (unpaired) electrons. The fourth-order valence-electron chi connectivity index (χ4n) is 1.90. The van der Waals surface area contributed by atoms with Crippen LogP contribution in [-0.2, 0) is 9.31 Å². The van der Waals surface area contributed by atoms with Crippen LogP contribution >= 0.6 is 0 Å². The SMILES string of the molecule is C=Cc1ccc(/C=C/B2OC(C)(C)C(C)(C)O2)cc1. The van der Waals surface area contributed by atoms with Crippen molar-refractivity contribution in [3.8, 4) is 0 Å². The second kappa shape index (κ2) is 4.99. The predicted molar refractivity (Wildman–Crippen MR) is 81.6 cm³/mol. The lowest BCUT2D eigenvalue weighted by Gasteiger charge is -2.32. The Hall–Kier alpha value is -1.32. The van der Waals surface area contributed by atoms with Crippen LogP contribution in [0.5, 0.6) is 0 Å². The van der Waals surface area contributed by atoms with E-state index in [0.717, 1.165) is 11.1 Å². The van der Waals surface area contributed by atoms with Crippen molar-refractivity contribution in [1.29, 1.82) is 0 Å². The van der Waals surface area contributed by atoms with Crippen LogP contribution in [0.2, 0.25) is 0 Å². The van der Waals surface area contributed by atoms with Crippen LogP contribution in [-0.4, -0.2) is 18.3 Å². The average Bonchev–Trinajstić information content (AvgIpc) is 2.56. The molecule has 1 heterocycles. The minimum absolute atomic E-state index is 0.283. The van der Waals surface area contributed by atoms with Crippen molar-refractivity contribution in [2.24, 2.45) is 0 Å². The minimum Gasteiger partial charge on any atom is -0.400 e. The normalized spacial score (nSPS) is 20.9. The van der Waals surface area contributed by atoms with Crippen LogP contribution in [0, 0.1) is 0 Å². The van der Waals surface area contributed by atoms with Crippen LogP contribution in [0.1, 0.15) is 38.8 Å². The van der Waals surface area contributed by atoms with Crippen molar-refractivity contribution in [3.05, 3.63) is 47.9 Å². The molecule has 2 rings (SSSR count). The zero-order valence-corrected chi connectivity index (χ0v) is 12.1. The van der Waals surface area contributed by atoms with Gasteiger partial charge in [-0.05, 0) is 38.8 Å².